The van der Waals surface area contributed by atoms with Gasteiger partial charge in [0.15, 0.2) is 0 Å². The van der Waals surface area contributed by atoms with Gasteiger partial charge in [-0.05, 0) is 43.5 Å². The zero-order chi connectivity index (χ0) is 23.5. The maximum absolute atomic E-state index is 11.8. The van der Waals surface area contributed by atoms with E-state index in [-0.39, 0.29) is 11.9 Å². The van der Waals surface area contributed by atoms with Crippen LogP contribution in [0, 0.1) is 6.92 Å². The number of piperidine rings is 1. The second-order valence-corrected chi connectivity index (χ2v) is 8.39. The summed E-state index contributed by atoms with van der Waals surface area (Å²) in [5.74, 6) is 1.84. The van der Waals surface area contributed by atoms with Crippen molar-refractivity contribution in [1.29, 1.82) is 0 Å². The number of anilines is 1. The molecule has 2 heterocycles. The molecule has 1 aliphatic heterocycles. The van der Waals surface area contributed by atoms with Gasteiger partial charge in [-0.3, -0.25) is 4.79 Å². The van der Waals surface area contributed by atoms with Crippen LogP contribution in [0.4, 0.5) is 5.95 Å². The molecule has 1 fully saturated rings. The summed E-state index contributed by atoms with van der Waals surface area (Å²) in [5.41, 5.74) is 3.56. The molecule has 8 heteroatoms. The van der Waals surface area contributed by atoms with E-state index in [0.29, 0.717) is 35.6 Å². The Morgan fingerprint density at radius 3 is 2.61 bits per heavy atom. The number of likely N-dealkylation sites (tertiary alicyclic amines) is 1. The number of amides is 1. The van der Waals surface area contributed by atoms with Crippen molar-refractivity contribution in [3.05, 3.63) is 53.7 Å². The molecule has 4 rings (SSSR count). The van der Waals surface area contributed by atoms with Gasteiger partial charge in [-0.25, -0.2) is 9.97 Å². The Kier molecular flexibility index (Phi) is 6.70. The van der Waals surface area contributed by atoms with Gasteiger partial charge in [-0.1, -0.05) is 24.2 Å². The summed E-state index contributed by atoms with van der Waals surface area (Å²) in [6, 6.07) is 7.99. The number of ether oxygens (including phenoxy) is 2. The highest BCUT2D eigenvalue weighted by atomic mass is 35.5. The van der Waals surface area contributed by atoms with E-state index in [9.17, 15) is 4.79 Å². The molecular weight excluding hydrogens is 440 g/mol. The Balaban J connectivity index is 1.57. The first-order chi connectivity index (χ1) is 15.9. The number of benzene rings is 2. The fourth-order valence-corrected chi connectivity index (χ4v) is 4.60. The van der Waals surface area contributed by atoms with E-state index in [0.717, 1.165) is 40.4 Å². The van der Waals surface area contributed by atoms with Crippen LogP contribution in [0.25, 0.3) is 22.0 Å². The molecule has 0 bridgehead atoms. The highest BCUT2D eigenvalue weighted by molar-refractivity contribution is 6.35. The lowest BCUT2D eigenvalue weighted by molar-refractivity contribution is -0.126. The summed E-state index contributed by atoms with van der Waals surface area (Å²) in [4.78, 5) is 22.8. The highest BCUT2D eigenvalue weighted by Crippen LogP contribution is 2.43. The van der Waals surface area contributed by atoms with Crippen LogP contribution in [0.3, 0.4) is 0 Å². The van der Waals surface area contributed by atoms with Gasteiger partial charge in [0.05, 0.1) is 24.8 Å². The van der Waals surface area contributed by atoms with E-state index >= 15 is 0 Å². The zero-order valence-corrected chi connectivity index (χ0v) is 19.8. The van der Waals surface area contributed by atoms with E-state index < -0.39 is 0 Å². The van der Waals surface area contributed by atoms with Crippen LogP contribution in [0.15, 0.2) is 43.1 Å². The second-order valence-electron chi connectivity index (χ2n) is 8.01. The van der Waals surface area contributed by atoms with Crippen LogP contribution in [0.1, 0.15) is 18.4 Å². The smallest absolute Gasteiger partial charge is 0.245 e. The van der Waals surface area contributed by atoms with Crippen molar-refractivity contribution in [3.8, 4) is 22.6 Å². The Hall–Kier alpha value is -3.32. The van der Waals surface area contributed by atoms with Crippen LogP contribution in [0.2, 0.25) is 5.02 Å². The van der Waals surface area contributed by atoms with Gasteiger partial charge < -0.3 is 19.7 Å². The van der Waals surface area contributed by atoms with Gasteiger partial charge in [-0.2, -0.15) is 0 Å². The first-order valence-electron chi connectivity index (χ1n) is 10.8. The van der Waals surface area contributed by atoms with Gasteiger partial charge in [-0.15, -0.1) is 0 Å². The summed E-state index contributed by atoms with van der Waals surface area (Å²) < 4.78 is 10.9. The molecule has 1 N–H and O–H groups in total. The molecule has 0 radical (unpaired) electrons. The van der Waals surface area contributed by atoms with E-state index in [1.165, 1.54) is 6.08 Å². The monoisotopic (exact) mass is 466 g/mol. The van der Waals surface area contributed by atoms with E-state index in [2.05, 4.69) is 21.9 Å². The number of carbonyl (C=O) groups excluding carboxylic acids is 1. The molecule has 1 amide bonds. The summed E-state index contributed by atoms with van der Waals surface area (Å²) >= 11 is 6.65. The van der Waals surface area contributed by atoms with Crippen molar-refractivity contribution in [2.75, 3.05) is 32.6 Å². The average molecular weight is 467 g/mol. The zero-order valence-electron chi connectivity index (χ0n) is 19.0. The third kappa shape index (κ3) is 4.59. The SMILES string of the molecule is C=CC(=O)N1CCC(Nc2ncc3cc(-c4c(C)c(OC)cc(OC)c4Cl)ccc3n2)CC1. The fraction of sp³-hybridized carbons (Fsp3) is 0.320. The quantitative estimate of drug-likeness (QED) is 0.522. The number of nitrogens with zero attached hydrogens (tertiary/aromatic N) is 3. The van der Waals surface area contributed by atoms with Crippen molar-refractivity contribution in [2.45, 2.75) is 25.8 Å². The lowest BCUT2D eigenvalue weighted by atomic mass is 9.98. The first-order valence-corrected chi connectivity index (χ1v) is 11.2. The number of aromatic nitrogens is 2. The lowest BCUT2D eigenvalue weighted by Crippen LogP contribution is -2.41. The third-order valence-electron chi connectivity index (χ3n) is 6.07. The standard InChI is InChI=1S/C25H27ClN4O3/c1-5-22(31)30-10-8-18(9-11-30)28-25-27-14-17-12-16(6-7-19(17)29-25)23-15(2)20(32-3)13-21(33-4)24(23)26/h5-7,12-14,18H,1,8-11H2,2-4H3,(H,27,28,29). The maximum Gasteiger partial charge on any atom is 0.245 e. The molecule has 7 nitrogen and oxygen atoms in total. The van der Waals surface area contributed by atoms with Crippen LogP contribution in [0.5, 0.6) is 11.5 Å². The average Bonchev–Trinajstić information content (AvgIpc) is 2.84. The molecule has 33 heavy (non-hydrogen) atoms. The molecule has 1 aromatic heterocycles. The van der Waals surface area contributed by atoms with Gasteiger partial charge in [0.2, 0.25) is 11.9 Å². The van der Waals surface area contributed by atoms with Crippen molar-refractivity contribution in [3.63, 3.8) is 0 Å². The number of carbonyl (C=O) groups is 1. The molecule has 172 valence electrons. The molecule has 0 saturated carbocycles. The lowest BCUT2D eigenvalue weighted by Gasteiger charge is -2.31. The number of nitrogens with one attached hydrogen (secondary N) is 1. The minimum Gasteiger partial charge on any atom is -0.496 e. The number of fused-ring (bicyclic) bond motifs is 1. The predicted molar refractivity (Wildman–Crippen MR) is 131 cm³/mol. The van der Waals surface area contributed by atoms with Crippen LogP contribution < -0.4 is 14.8 Å². The summed E-state index contributed by atoms with van der Waals surface area (Å²) in [7, 11) is 3.22. The van der Waals surface area contributed by atoms with Gasteiger partial charge in [0.1, 0.15) is 11.5 Å². The minimum absolute atomic E-state index is 0.0183. The van der Waals surface area contributed by atoms with Crippen molar-refractivity contribution >= 4 is 34.4 Å². The second kappa shape index (κ2) is 9.67. The number of hydrogen-bond donors (Lipinski definition) is 1. The molecule has 0 unspecified atom stereocenters. The van der Waals surface area contributed by atoms with E-state index in [4.69, 9.17) is 21.1 Å². The van der Waals surface area contributed by atoms with Crippen LogP contribution >= 0.6 is 11.6 Å². The molecular formula is C25H27ClN4O3. The number of hydrogen-bond acceptors (Lipinski definition) is 6. The first kappa shape index (κ1) is 22.9. The number of rotatable bonds is 6. The minimum atomic E-state index is -0.0183. The maximum atomic E-state index is 11.8. The highest BCUT2D eigenvalue weighted by Gasteiger charge is 2.22. The summed E-state index contributed by atoms with van der Waals surface area (Å²) in [5, 5.41) is 4.85. The molecule has 1 aliphatic rings. The number of halogens is 1. The van der Waals surface area contributed by atoms with Crippen molar-refractivity contribution in [1.82, 2.24) is 14.9 Å². The molecule has 0 atom stereocenters. The predicted octanol–water partition coefficient (Wildman–Crippen LogP) is 4.86. The van der Waals surface area contributed by atoms with Gasteiger partial charge in [0, 0.05) is 47.9 Å². The largest absolute Gasteiger partial charge is 0.496 e. The molecule has 3 aromatic rings. The van der Waals surface area contributed by atoms with Gasteiger partial charge >= 0.3 is 0 Å². The van der Waals surface area contributed by atoms with Crippen molar-refractivity contribution in [2.24, 2.45) is 0 Å². The van der Waals surface area contributed by atoms with Gasteiger partial charge in [0.25, 0.3) is 0 Å². The molecule has 2 aromatic carbocycles. The molecule has 1 saturated heterocycles. The topological polar surface area (TPSA) is 76.6 Å². The van der Waals surface area contributed by atoms with Crippen LogP contribution in [-0.4, -0.2) is 54.1 Å². The Morgan fingerprint density at radius 1 is 1.21 bits per heavy atom. The fourth-order valence-electron chi connectivity index (χ4n) is 4.22. The summed E-state index contributed by atoms with van der Waals surface area (Å²) in [6.07, 6.45) is 4.86. The number of methoxy groups -OCH3 is 2. The molecule has 0 aliphatic carbocycles. The third-order valence-corrected chi connectivity index (χ3v) is 6.44. The van der Waals surface area contributed by atoms with E-state index in [1.54, 1.807) is 20.3 Å². The van der Waals surface area contributed by atoms with E-state index in [1.807, 2.05) is 36.2 Å². The van der Waals surface area contributed by atoms with Crippen LogP contribution in [-0.2, 0) is 4.79 Å². The summed E-state index contributed by atoms with van der Waals surface area (Å²) in [6.45, 7) is 6.93. The molecule has 0 spiro atoms. The Bertz CT molecular complexity index is 1180. The Morgan fingerprint density at radius 2 is 1.94 bits per heavy atom. The van der Waals surface area contributed by atoms with Crippen molar-refractivity contribution < 1.29 is 14.3 Å². The Labute approximate surface area is 198 Å². The normalized spacial score (nSPS) is 14.2.